The third kappa shape index (κ3) is 2.99. The molecule has 1 saturated heterocycles. The monoisotopic (exact) mass is 305 g/mol. The van der Waals surface area contributed by atoms with E-state index in [1.165, 1.54) is 4.31 Å². The lowest BCUT2D eigenvalue weighted by atomic mass is 9.96. The van der Waals surface area contributed by atoms with E-state index in [1.54, 1.807) is 6.92 Å². The Bertz CT molecular complexity index is 571. The van der Waals surface area contributed by atoms with Gasteiger partial charge in [0.15, 0.2) is 0 Å². The number of piperidine rings is 1. The van der Waals surface area contributed by atoms with Gasteiger partial charge in [0.25, 0.3) is 0 Å². The van der Waals surface area contributed by atoms with Crippen molar-refractivity contribution in [2.45, 2.75) is 30.7 Å². The van der Waals surface area contributed by atoms with Crippen molar-refractivity contribution >= 4 is 10.0 Å². The van der Waals surface area contributed by atoms with Gasteiger partial charge >= 0.3 is 0 Å². The average Bonchev–Trinajstić information content (AvgIpc) is 2.38. The van der Waals surface area contributed by atoms with Gasteiger partial charge in [-0.3, -0.25) is 0 Å². The summed E-state index contributed by atoms with van der Waals surface area (Å²) in [6.45, 7) is 1.81. The van der Waals surface area contributed by atoms with E-state index in [0.29, 0.717) is 12.5 Å². The van der Waals surface area contributed by atoms with Gasteiger partial charge in [0.05, 0.1) is 4.90 Å². The minimum Gasteiger partial charge on any atom is -0.396 e. The highest BCUT2D eigenvalue weighted by molar-refractivity contribution is 7.89. The number of aliphatic hydroxyl groups is 1. The Morgan fingerprint density at radius 3 is 2.40 bits per heavy atom. The standard InChI is InChI=1S/C13H17F2NO3S/c1-9-2-3-10(8-17)7-16(9)20(18,19)13-5-11(14)4-12(15)6-13/h4-6,9-10,17H,2-3,7-8H2,1H3. The molecule has 0 amide bonds. The van der Waals surface area contributed by atoms with E-state index in [0.717, 1.165) is 18.6 Å². The Balaban J connectivity index is 2.37. The number of benzene rings is 1. The summed E-state index contributed by atoms with van der Waals surface area (Å²) in [6.07, 6.45) is 1.35. The van der Waals surface area contributed by atoms with Crippen molar-refractivity contribution in [2.24, 2.45) is 5.92 Å². The number of nitrogens with zero attached hydrogens (tertiary/aromatic N) is 1. The number of hydrogen-bond acceptors (Lipinski definition) is 3. The summed E-state index contributed by atoms with van der Waals surface area (Å²) in [6, 6.07) is 2.01. The Morgan fingerprint density at radius 2 is 1.85 bits per heavy atom. The number of hydrogen-bond donors (Lipinski definition) is 1. The Morgan fingerprint density at radius 1 is 1.25 bits per heavy atom. The topological polar surface area (TPSA) is 57.6 Å². The fraction of sp³-hybridized carbons (Fsp3) is 0.538. The van der Waals surface area contributed by atoms with Crippen molar-refractivity contribution in [3.8, 4) is 0 Å². The zero-order valence-corrected chi connectivity index (χ0v) is 11.9. The van der Waals surface area contributed by atoms with E-state index < -0.39 is 21.7 Å². The normalized spacial score (nSPS) is 24.8. The van der Waals surface area contributed by atoms with Gasteiger partial charge in [-0.1, -0.05) is 0 Å². The van der Waals surface area contributed by atoms with Crippen molar-refractivity contribution in [3.63, 3.8) is 0 Å². The van der Waals surface area contributed by atoms with E-state index in [-0.39, 0.29) is 30.0 Å². The smallest absolute Gasteiger partial charge is 0.243 e. The van der Waals surface area contributed by atoms with E-state index in [2.05, 4.69) is 0 Å². The summed E-state index contributed by atoms with van der Waals surface area (Å²) in [5.74, 6) is -1.99. The summed E-state index contributed by atoms with van der Waals surface area (Å²) in [5, 5.41) is 9.18. The lowest BCUT2D eigenvalue weighted by Crippen LogP contribution is -2.46. The molecule has 4 nitrogen and oxygen atoms in total. The molecular weight excluding hydrogens is 288 g/mol. The maximum atomic E-state index is 13.2. The minimum absolute atomic E-state index is 0.101. The molecule has 0 bridgehead atoms. The SMILES string of the molecule is CC1CCC(CO)CN1S(=O)(=O)c1cc(F)cc(F)c1. The van der Waals surface area contributed by atoms with Crippen LogP contribution in [0.5, 0.6) is 0 Å². The Kier molecular flexibility index (Phi) is 4.41. The molecule has 1 aliphatic rings. The molecule has 2 atom stereocenters. The molecular formula is C13H17F2NO3S. The summed E-state index contributed by atoms with van der Waals surface area (Å²) >= 11 is 0. The van der Waals surface area contributed by atoms with Crippen molar-refractivity contribution in [3.05, 3.63) is 29.8 Å². The molecule has 0 radical (unpaired) electrons. The molecule has 1 aromatic rings. The second-order valence-electron chi connectivity index (χ2n) is 5.15. The highest BCUT2D eigenvalue weighted by Crippen LogP contribution is 2.28. The van der Waals surface area contributed by atoms with Gasteiger partial charge in [-0.25, -0.2) is 17.2 Å². The molecule has 20 heavy (non-hydrogen) atoms. The summed E-state index contributed by atoms with van der Waals surface area (Å²) in [7, 11) is -3.96. The lowest BCUT2D eigenvalue weighted by Gasteiger charge is -2.36. The third-order valence-electron chi connectivity index (χ3n) is 3.62. The number of aliphatic hydroxyl groups excluding tert-OH is 1. The van der Waals surface area contributed by atoms with Gasteiger partial charge in [0.1, 0.15) is 11.6 Å². The molecule has 1 fully saturated rings. The van der Waals surface area contributed by atoms with E-state index in [1.807, 2.05) is 0 Å². The molecule has 2 rings (SSSR count). The van der Waals surface area contributed by atoms with Crippen LogP contribution in [0, 0.1) is 17.6 Å². The number of halogens is 2. The molecule has 1 aliphatic heterocycles. The second-order valence-corrected chi connectivity index (χ2v) is 7.05. The van der Waals surface area contributed by atoms with Crippen LogP contribution in [0.1, 0.15) is 19.8 Å². The van der Waals surface area contributed by atoms with Gasteiger partial charge in [-0.05, 0) is 37.8 Å². The molecule has 1 heterocycles. The molecule has 1 aromatic carbocycles. The van der Waals surface area contributed by atoms with E-state index >= 15 is 0 Å². The fourth-order valence-corrected chi connectivity index (χ4v) is 4.22. The van der Waals surface area contributed by atoms with Gasteiger partial charge < -0.3 is 5.11 Å². The van der Waals surface area contributed by atoms with Crippen LogP contribution in [0.15, 0.2) is 23.1 Å². The second kappa shape index (κ2) is 5.75. The zero-order valence-electron chi connectivity index (χ0n) is 11.1. The van der Waals surface area contributed by atoms with E-state index in [9.17, 15) is 22.3 Å². The molecule has 7 heteroatoms. The first-order valence-corrected chi connectivity index (χ1v) is 7.87. The number of rotatable bonds is 3. The minimum atomic E-state index is -3.96. The van der Waals surface area contributed by atoms with Crippen LogP contribution in [0.3, 0.4) is 0 Å². The fourth-order valence-electron chi connectivity index (χ4n) is 2.44. The Labute approximate surface area is 117 Å². The lowest BCUT2D eigenvalue weighted by molar-refractivity contribution is 0.139. The first kappa shape index (κ1) is 15.3. The highest BCUT2D eigenvalue weighted by Gasteiger charge is 2.35. The van der Waals surface area contributed by atoms with Gasteiger partial charge in [-0.15, -0.1) is 0 Å². The van der Waals surface area contributed by atoms with Crippen LogP contribution >= 0.6 is 0 Å². The number of sulfonamides is 1. The molecule has 0 spiro atoms. The van der Waals surface area contributed by atoms with Crippen LogP contribution in [-0.2, 0) is 10.0 Å². The first-order valence-electron chi connectivity index (χ1n) is 6.43. The van der Waals surface area contributed by atoms with Crippen molar-refractivity contribution in [2.75, 3.05) is 13.2 Å². The molecule has 0 aliphatic carbocycles. The zero-order chi connectivity index (χ0) is 14.9. The quantitative estimate of drug-likeness (QED) is 0.925. The van der Waals surface area contributed by atoms with Crippen molar-refractivity contribution < 1.29 is 22.3 Å². The van der Waals surface area contributed by atoms with E-state index in [4.69, 9.17) is 0 Å². The van der Waals surface area contributed by atoms with Gasteiger partial charge in [0, 0.05) is 25.3 Å². The predicted octanol–water partition coefficient (Wildman–Crippen LogP) is 1.75. The molecule has 1 N–H and O–H groups in total. The first-order chi connectivity index (χ1) is 9.34. The van der Waals surface area contributed by atoms with Crippen LogP contribution in [-0.4, -0.2) is 37.0 Å². The summed E-state index contributed by atoms with van der Waals surface area (Å²) in [4.78, 5) is -0.388. The molecule has 0 saturated carbocycles. The average molecular weight is 305 g/mol. The van der Waals surface area contributed by atoms with Gasteiger partial charge in [-0.2, -0.15) is 4.31 Å². The molecule has 112 valence electrons. The maximum Gasteiger partial charge on any atom is 0.243 e. The van der Waals surface area contributed by atoms with Crippen molar-refractivity contribution in [1.29, 1.82) is 0 Å². The largest absolute Gasteiger partial charge is 0.396 e. The molecule has 2 unspecified atom stereocenters. The van der Waals surface area contributed by atoms with Crippen LogP contribution < -0.4 is 0 Å². The predicted molar refractivity (Wildman–Crippen MR) is 69.5 cm³/mol. The van der Waals surface area contributed by atoms with Crippen LogP contribution in [0.25, 0.3) is 0 Å². The van der Waals surface area contributed by atoms with Crippen molar-refractivity contribution in [1.82, 2.24) is 4.31 Å². The highest BCUT2D eigenvalue weighted by atomic mass is 32.2. The Hall–Kier alpha value is -1.05. The van der Waals surface area contributed by atoms with Crippen LogP contribution in [0.4, 0.5) is 8.78 Å². The van der Waals surface area contributed by atoms with Gasteiger partial charge in [0.2, 0.25) is 10.0 Å². The maximum absolute atomic E-state index is 13.2. The van der Waals surface area contributed by atoms with Crippen LogP contribution in [0.2, 0.25) is 0 Å². The molecule has 0 aromatic heterocycles. The third-order valence-corrected chi connectivity index (χ3v) is 5.58. The summed E-state index contributed by atoms with van der Waals surface area (Å²) in [5.41, 5.74) is 0. The summed E-state index contributed by atoms with van der Waals surface area (Å²) < 4.78 is 52.6.